The molecule has 1 radical (unpaired) electrons. The number of aldehydes is 1. The molecule has 0 unspecified atom stereocenters. The van der Waals surface area contributed by atoms with Crippen molar-refractivity contribution in [3.05, 3.63) is 48.6 Å². The minimum Gasteiger partial charge on any atom is -0.324 e. The van der Waals surface area contributed by atoms with Crippen molar-refractivity contribution in [2.45, 2.75) is 0 Å². The molecule has 0 aliphatic carbocycles. The van der Waals surface area contributed by atoms with E-state index in [4.69, 9.17) is 0 Å². The fourth-order valence-corrected chi connectivity index (χ4v) is 1.29. The second-order valence-electron chi connectivity index (χ2n) is 2.57. The molecule has 0 bridgehead atoms. The van der Waals surface area contributed by atoms with E-state index in [1.807, 2.05) is 41.1 Å². The summed E-state index contributed by atoms with van der Waals surface area (Å²) >= 11 is 0. The zero-order valence-corrected chi connectivity index (χ0v) is 6.47. The Bertz CT molecular complexity index is 403. The minimum atomic E-state index is 0.808. The molecule has 0 N–H and O–H groups in total. The molecule has 59 valence electrons. The van der Waals surface area contributed by atoms with Gasteiger partial charge in [0, 0.05) is 17.9 Å². The third-order valence-corrected chi connectivity index (χ3v) is 1.85. The lowest BCUT2D eigenvalue weighted by molar-refractivity contribution is -0.104. The third kappa shape index (κ3) is 1.01. The van der Waals surface area contributed by atoms with Gasteiger partial charge in [-0.1, -0.05) is 6.07 Å². The van der Waals surface area contributed by atoms with Crippen molar-refractivity contribution < 1.29 is 4.79 Å². The van der Waals surface area contributed by atoms with E-state index in [1.54, 1.807) is 6.42 Å². The van der Waals surface area contributed by atoms with Gasteiger partial charge in [-0.15, -0.1) is 0 Å². The first kappa shape index (κ1) is 7.10. The van der Waals surface area contributed by atoms with Crippen molar-refractivity contribution in [2.24, 2.45) is 0 Å². The molecule has 2 nitrogen and oxygen atoms in total. The Hall–Kier alpha value is -1.57. The maximum Gasteiger partial charge on any atom is 0.128 e. The Kier molecular flexibility index (Phi) is 1.67. The van der Waals surface area contributed by atoms with Crippen LogP contribution in [0.4, 0.5) is 0 Å². The van der Waals surface area contributed by atoms with Gasteiger partial charge in [0.1, 0.15) is 6.29 Å². The van der Waals surface area contributed by atoms with Gasteiger partial charge in [-0.25, -0.2) is 0 Å². The zero-order valence-electron chi connectivity index (χ0n) is 6.47. The summed E-state index contributed by atoms with van der Waals surface area (Å²) in [5.41, 5.74) is 2.02. The van der Waals surface area contributed by atoms with Crippen LogP contribution in [0.2, 0.25) is 0 Å². The van der Waals surface area contributed by atoms with Crippen LogP contribution in [0.1, 0.15) is 5.56 Å². The van der Waals surface area contributed by atoms with E-state index in [-0.39, 0.29) is 0 Å². The molecule has 2 aromatic heterocycles. The number of pyridine rings is 1. The van der Waals surface area contributed by atoms with Crippen LogP contribution < -0.4 is 0 Å². The first-order chi connectivity index (χ1) is 5.92. The van der Waals surface area contributed by atoms with Gasteiger partial charge in [-0.05, 0) is 23.8 Å². The van der Waals surface area contributed by atoms with Crippen LogP contribution in [0.5, 0.6) is 0 Å². The summed E-state index contributed by atoms with van der Waals surface area (Å²) in [4.78, 5) is 10.3. The maximum absolute atomic E-state index is 10.3. The zero-order chi connectivity index (χ0) is 8.39. The van der Waals surface area contributed by atoms with Crippen molar-refractivity contribution in [2.75, 3.05) is 0 Å². The number of fused-ring (bicyclic) bond motifs is 1. The van der Waals surface area contributed by atoms with Crippen LogP contribution >= 0.6 is 0 Å². The van der Waals surface area contributed by atoms with Gasteiger partial charge in [0.05, 0.1) is 6.42 Å². The summed E-state index contributed by atoms with van der Waals surface area (Å²) in [6, 6.07) is 7.81. The molecule has 0 aromatic carbocycles. The highest BCUT2D eigenvalue weighted by Gasteiger charge is 1.99. The molecule has 0 saturated heterocycles. The Morgan fingerprint density at radius 1 is 1.17 bits per heavy atom. The molecular weight excluding hydrogens is 150 g/mol. The summed E-state index contributed by atoms with van der Waals surface area (Å²) in [5.74, 6) is 0. The molecule has 12 heavy (non-hydrogen) atoms. The fraction of sp³-hybridized carbons (Fsp3) is 0. The largest absolute Gasteiger partial charge is 0.324 e. The summed E-state index contributed by atoms with van der Waals surface area (Å²) < 4.78 is 1.98. The average Bonchev–Trinajstić information content (AvgIpc) is 2.50. The SMILES string of the molecule is O=C[CH]c1ccn2ccccc12. The van der Waals surface area contributed by atoms with Crippen molar-refractivity contribution in [3.8, 4) is 0 Å². The lowest BCUT2D eigenvalue weighted by Gasteiger charge is -1.93. The van der Waals surface area contributed by atoms with E-state index in [2.05, 4.69) is 0 Å². The smallest absolute Gasteiger partial charge is 0.128 e. The normalized spacial score (nSPS) is 10.3. The molecule has 0 fully saturated rings. The number of aromatic nitrogens is 1. The van der Waals surface area contributed by atoms with Gasteiger partial charge in [0.2, 0.25) is 0 Å². The highest BCUT2D eigenvalue weighted by molar-refractivity contribution is 5.75. The summed E-state index contributed by atoms with van der Waals surface area (Å²) in [6.45, 7) is 0. The van der Waals surface area contributed by atoms with Gasteiger partial charge in [-0.3, -0.25) is 0 Å². The van der Waals surface area contributed by atoms with Gasteiger partial charge >= 0.3 is 0 Å². The second kappa shape index (κ2) is 2.81. The van der Waals surface area contributed by atoms with Gasteiger partial charge < -0.3 is 9.20 Å². The van der Waals surface area contributed by atoms with E-state index in [1.165, 1.54) is 0 Å². The molecule has 0 aliphatic heterocycles. The predicted molar refractivity (Wildman–Crippen MR) is 46.9 cm³/mol. The van der Waals surface area contributed by atoms with Crippen LogP contribution in [-0.4, -0.2) is 10.7 Å². The molecule has 2 heterocycles. The van der Waals surface area contributed by atoms with Crippen molar-refractivity contribution in [3.63, 3.8) is 0 Å². The second-order valence-corrected chi connectivity index (χ2v) is 2.57. The summed E-state index contributed by atoms with van der Waals surface area (Å²) in [6.07, 6.45) is 6.26. The van der Waals surface area contributed by atoms with Gasteiger partial charge in [0.15, 0.2) is 0 Å². The first-order valence-electron chi connectivity index (χ1n) is 3.76. The molecule has 0 amide bonds. The highest BCUT2D eigenvalue weighted by atomic mass is 16.1. The van der Waals surface area contributed by atoms with E-state index < -0.39 is 0 Å². The highest BCUT2D eigenvalue weighted by Crippen LogP contribution is 2.12. The summed E-state index contributed by atoms with van der Waals surface area (Å²) in [5, 5.41) is 0. The van der Waals surface area contributed by atoms with Crippen LogP contribution in [0.15, 0.2) is 36.7 Å². The Balaban J connectivity index is 2.62. The topological polar surface area (TPSA) is 21.5 Å². The molecule has 2 rings (SSSR count). The fourth-order valence-electron chi connectivity index (χ4n) is 1.29. The van der Waals surface area contributed by atoms with Gasteiger partial charge in [0.25, 0.3) is 0 Å². The number of carbonyl (C=O) groups excluding carboxylic acids is 1. The number of nitrogens with zero attached hydrogens (tertiary/aromatic N) is 1. The third-order valence-electron chi connectivity index (χ3n) is 1.85. The standard InChI is InChI=1S/C10H8NO/c12-8-5-9-4-7-11-6-2-1-3-10(9)11/h1-8H. The molecule has 0 spiro atoms. The van der Waals surface area contributed by atoms with Crippen molar-refractivity contribution in [1.82, 2.24) is 4.40 Å². The lowest BCUT2D eigenvalue weighted by atomic mass is 10.2. The Morgan fingerprint density at radius 2 is 2.08 bits per heavy atom. The van der Waals surface area contributed by atoms with Crippen molar-refractivity contribution in [1.29, 1.82) is 0 Å². The quantitative estimate of drug-likeness (QED) is 0.609. The van der Waals surface area contributed by atoms with Crippen molar-refractivity contribution >= 4 is 11.8 Å². The lowest BCUT2D eigenvalue weighted by Crippen LogP contribution is -1.83. The molecular formula is C10H8NO. The number of hydrogen-bond donors (Lipinski definition) is 0. The van der Waals surface area contributed by atoms with E-state index in [0.29, 0.717) is 0 Å². The molecule has 2 heteroatoms. The maximum atomic E-state index is 10.3. The predicted octanol–water partition coefficient (Wildman–Crippen LogP) is 1.69. The van der Waals surface area contributed by atoms with Crippen LogP contribution in [-0.2, 0) is 4.79 Å². The Labute approximate surface area is 70.4 Å². The van der Waals surface area contributed by atoms with E-state index >= 15 is 0 Å². The monoisotopic (exact) mass is 158 g/mol. The average molecular weight is 158 g/mol. The van der Waals surface area contributed by atoms with Gasteiger partial charge in [-0.2, -0.15) is 0 Å². The number of hydrogen-bond acceptors (Lipinski definition) is 1. The molecule has 0 aliphatic rings. The first-order valence-corrected chi connectivity index (χ1v) is 3.76. The van der Waals surface area contributed by atoms with Crippen LogP contribution in [0.3, 0.4) is 0 Å². The molecule has 0 saturated carbocycles. The molecule has 2 aromatic rings. The number of rotatable bonds is 2. The minimum absolute atomic E-state index is 0.808. The van der Waals surface area contributed by atoms with E-state index in [9.17, 15) is 4.79 Å². The number of carbonyl (C=O) groups is 1. The Morgan fingerprint density at radius 3 is 2.92 bits per heavy atom. The van der Waals surface area contributed by atoms with E-state index in [0.717, 1.165) is 17.4 Å². The van der Waals surface area contributed by atoms with Crippen LogP contribution in [0, 0.1) is 6.42 Å². The summed E-state index contributed by atoms with van der Waals surface area (Å²) in [7, 11) is 0. The molecule has 0 atom stereocenters. The van der Waals surface area contributed by atoms with Crippen LogP contribution in [0.25, 0.3) is 5.52 Å².